The lowest BCUT2D eigenvalue weighted by Crippen LogP contribution is -2.28. The molecule has 0 saturated carbocycles. The Labute approximate surface area is 177 Å². The topological polar surface area (TPSA) is 84.9 Å². The SMILES string of the molecule is CCOc1cc(/C=C/C(=O)NC(CC(=O)O)c2ccc(Cl)cc2)ccc1OC(F)F. The van der Waals surface area contributed by atoms with Crippen molar-refractivity contribution in [3.8, 4) is 11.5 Å². The highest BCUT2D eigenvalue weighted by atomic mass is 35.5. The molecule has 9 heteroatoms. The molecule has 6 nitrogen and oxygen atoms in total. The van der Waals surface area contributed by atoms with E-state index >= 15 is 0 Å². The van der Waals surface area contributed by atoms with Crippen LogP contribution in [0.5, 0.6) is 11.5 Å². The van der Waals surface area contributed by atoms with Crippen LogP contribution in [0.2, 0.25) is 5.02 Å². The largest absolute Gasteiger partial charge is 0.490 e. The summed E-state index contributed by atoms with van der Waals surface area (Å²) in [6.07, 6.45) is 2.35. The van der Waals surface area contributed by atoms with Crippen molar-refractivity contribution >= 4 is 29.6 Å². The molecule has 0 heterocycles. The number of carbonyl (C=O) groups excluding carboxylic acids is 1. The van der Waals surface area contributed by atoms with Crippen LogP contribution in [0.1, 0.15) is 30.5 Å². The number of ether oxygens (including phenoxy) is 2. The smallest absolute Gasteiger partial charge is 0.387 e. The van der Waals surface area contributed by atoms with Gasteiger partial charge in [0, 0.05) is 11.1 Å². The van der Waals surface area contributed by atoms with E-state index in [1.54, 1.807) is 31.2 Å². The summed E-state index contributed by atoms with van der Waals surface area (Å²) in [5, 5.41) is 12.2. The fraction of sp³-hybridized carbons (Fsp3) is 0.238. The predicted molar refractivity (Wildman–Crippen MR) is 108 cm³/mol. The summed E-state index contributed by atoms with van der Waals surface area (Å²) in [6, 6.07) is 9.98. The van der Waals surface area contributed by atoms with Crippen LogP contribution in [0, 0.1) is 0 Å². The predicted octanol–water partition coefficient (Wildman–Crippen LogP) is 4.69. The van der Waals surface area contributed by atoms with E-state index < -0.39 is 24.5 Å². The van der Waals surface area contributed by atoms with Gasteiger partial charge < -0.3 is 19.9 Å². The molecule has 2 rings (SSSR count). The summed E-state index contributed by atoms with van der Waals surface area (Å²) >= 11 is 5.84. The van der Waals surface area contributed by atoms with E-state index in [1.165, 1.54) is 30.4 Å². The van der Waals surface area contributed by atoms with Gasteiger partial charge in [0.05, 0.1) is 19.1 Å². The van der Waals surface area contributed by atoms with Gasteiger partial charge in [-0.15, -0.1) is 0 Å². The minimum Gasteiger partial charge on any atom is -0.490 e. The summed E-state index contributed by atoms with van der Waals surface area (Å²) in [7, 11) is 0. The standard InChI is InChI=1S/C21H20ClF2NO5/c1-2-29-18-11-13(3-9-17(18)30-21(23)24)4-10-19(26)25-16(12-20(27)28)14-5-7-15(22)8-6-14/h3-11,16,21H,2,12H2,1H3,(H,25,26)(H,27,28)/b10-4+. The first-order valence-electron chi connectivity index (χ1n) is 8.96. The van der Waals surface area contributed by atoms with Gasteiger partial charge in [-0.25, -0.2) is 0 Å². The molecular formula is C21H20ClF2NO5. The van der Waals surface area contributed by atoms with Crippen molar-refractivity contribution in [3.63, 3.8) is 0 Å². The maximum Gasteiger partial charge on any atom is 0.387 e. The molecule has 0 fully saturated rings. The molecule has 2 aromatic rings. The number of hydrogen-bond acceptors (Lipinski definition) is 4. The second-order valence-electron chi connectivity index (χ2n) is 6.06. The van der Waals surface area contributed by atoms with Crippen LogP contribution in [0.3, 0.4) is 0 Å². The maximum absolute atomic E-state index is 12.5. The molecule has 0 aliphatic carbocycles. The molecule has 0 spiro atoms. The zero-order valence-corrected chi connectivity index (χ0v) is 16.7. The van der Waals surface area contributed by atoms with Gasteiger partial charge in [-0.2, -0.15) is 8.78 Å². The number of aliphatic carboxylic acids is 1. The molecule has 2 aromatic carbocycles. The average molecular weight is 440 g/mol. The molecule has 1 unspecified atom stereocenters. The van der Waals surface area contributed by atoms with Gasteiger partial charge in [-0.1, -0.05) is 29.8 Å². The average Bonchev–Trinajstić information content (AvgIpc) is 2.67. The van der Waals surface area contributed by atoms with Crippen molar-refractivity contribution in [1.29, 1.82) is 0 Å². The first-order valence-corrected chi connectivity index (χ1v) is 9.33. The molecule has 160 valence electrons. The third-order valence-corrected chi connectivity index (χ3v) is 4.13. The van der Waals surface area contributed by atoms with E-state index in [4.69, 9.17) is 21.4 Å². The number of carbonyl (C=O) groups is 2. The minimum atomic E-state index is -2.99. The monoisotopic (exact) mass is 439 g/mol. The Morgan fingerprint density at radius 2 is 1.87 bits per heavy atom. The van der Waals surface area contributed by atoms with Gasteiger partial charge >= 0.3 is 12.6 Å². The fourth-order valence-corrected chi connectivity index (χ4v) is 2.73. The number of halogens is 3. The Bertz CT molecular complexity index is 903. The molecular weight excluding hydrogens is 420 g/mol. The third-order valence-electron chi connectivity index (χ3n) is 3.88. The number of rotatable bonds is 10. The number of benzene rings is 2. The van der Waals surface area contributed by atoms with Gasteiger partial charge in [-0.05, 0) is 48.4 Å². The van der Waals surface area contributed by atoms with Crippen LogP contribution >= 0.6 is 11.6 Å². The first-order chi connectivity index (χ1) is 14.3. The number of nitrogens with one attached hydrogen (secondary N) is 1. The highest BCUT2D eigenvalue weighted by Crippen LogP contribution is 2.30. The lowest BCUT2D eigenvalue weighted by atomic mass is 10.0. The number of carboxylic acids is 1. The van der Waals surface area contributed by atoms with E-state index in [0.29, 0.717) is 16.1 Å². The van der Waals surface area contributed by atoms with E-state index in [-0.39, 0.29) is 24.5 Å². The molecule has 0 aliphatic rings. The number of carboxylic acid groups (broad SMARTS) is 1. The maximum atomic E-state index is 12.5. The first kappa shape index (κ1) is 23.2. The minimum absolute atomic E-state index is 0.113. The van der Waals surface area contributed by atoms with Gasteiger partial charge in [0.2, 0.25) is 5.91 Å². The molecule has 30 heavy (non-hydrogen) atoms. The van der Waals surface area contributed by atoms with Gasteiger partial charge in [0.1, 0.15) is 0 Å². The highest BCUT2D eigenvalue weighted by Gasteiger charge is 2.17. The van der Waals surface area contributed by atoms with E-state index in [1.807, 2.05) is 0 Å². The molecule has 2 N–H and O–H groups in total. The van der Waals surface area contributed by atoms with Gasteiger partial charge in [0.25, 0.3) is 0 Å². The van der Waals surface area contributed by atoms with Crippen LogP contribution in [-0.2, 0) is 9.59 Å². The Morgan fingerprint density at radius 3 is 2.47 bits per heavy atom. The zero-order valence-electron chi connectivity index (χ0n) is 16.0. The summed E-state index contributed by atoms with van der Waals surface area (Å²) in [4.78, 5) is 23.4. The second kappa shape index (κ2) is 11.2. The molecule has 0 saturated heterocycles. The normalized spacial score (nSPS) is 12.0. The lowest BCUT2D eigenvalue weighted by molar-refractivity contribution is -0.137. The number of amides is 1. The molecule has 0 aliphatic heterocycles. The summed E-state index contributed by atoms with van der Waals surface area (Å²) < 4.78 is 34.6. The van der Waals surface area contributed by atoms with Gasteiger partial charge in [0.15, 0.2) is 11.5 Å². The Hall–Kier alpha value is -3.13. The van der Waals surface area contributed by atoms with Crippen LogP contribution < -0.4 is 14.8 Å². The van der Waals surface area contributed by atoms with Crippen LogP contribution in [0.15, 0.2) is 48.5 Å². The van der Waals surface area contributed by atoms with Crippen LogP contribution in [-0.4, -0.2) is 30.2 Å². The van der Waals surface area contributed by atoms with Crippen LogP contribution in [0.25, 0.3) is 6.08 Å². The molecule has 0 bridgehead atoms. The quantitative estimate of drug-likeness (QED) is 0.525. The van der Waals surface area contributed by atoms with Crippen molar-refractivity contribution in [2.45, 2.75) is 26.0 Å². The highest BCUT2D eigenvalue weighted by molar-refractivity contribution is 6.30. The number of hydrogen-bond donors (Lipinski definition) is 2. The molecule has 1 amide bonds. The Morgan fingerprint density at radius 1 is 1.17 bits per heavy atom. The molecule has 0 radical (unpaired) electrons. The number of alkyl halides is 2. The lowest BCUT2D eigenvalue weighted by Gasteiger charge is -2.16. The van der Waals surface area contributed by atoms with Crippen LogP contribution in [0.4, 0.5) is 8.78 Å². The third kappa shape index (κ3) is 7.36. The van der Waals surface area contributed by atoms with Crippen molar-refractivity contribution < 1.29 is 33.0 Å². The van der Waals surface area contributed by atoms with Gasteiger partial charge in [-0.3, -0.25) is 9.59 Å². The zero-order chi connectivity index (χ0) is 22.1. The molecule has 1 atom stereocenters. The Balaban J connectivity index is 2.13. The summed E-state index contributed by atoms with van der Waals surface area (Å²) in [6.45, 7) is -1.05. The second-order valence-corrected chi connectivity index (χ2v) is 6.50. The van der Waals surface area contributed by atoms with E-state index in [2.05, 4.69) is 10.1 Å². The molecule has 0 aromatic heterocycles. The Kier molecular flexibility index (Phi) is 8.61. The summed E-state index contributed by atoms with van der Waals surface area (Å²) in [5.41, 5.74) is 1.10. The van der Waals surface area contributed by atoms with Crippen molar-refractivity contribution in [2.75, 3.05) is 6.61 Å². The fourth-order valence-electron chi connectivity index (χ4n) is 2.60. The van der Waals surface area contributed by atoms with E-state index in [9.17, 15) is 18.4 Å². The van der Waals surface area contributed by atoms with E-state index in [0.717, 1.165) is 0 Å². The van der Waals surface area contributed by atoms with Crippen molar-refractivity contribution in [2.24, 2.45) is 0 Å². The van der Waals surface area contributed by atoms with Crippen molar-refractivity contribution in [1.82, 2.24) is 5.32 Å². The summed E-state index contributed by atoms with van der Waals surface area (Å²) in [5.74, 6) is -1.60. The van der Waals surface area contributed by atoms with Crippen molar-refractivity contribution in [3.05, 3.63) is 64.7 Å².